The summed E-state index contributed by atoms with van der Waals surface area (Å²) >= 11 is 0. The Morgan fingerprint density at radius 1 is 1.00 bits per heavy atom. The van der Waals surface area contributed by atoms with Crippen molar-refractivity contribution in [1.82, 2.24) is 0 Å². The SMILES string of the molecule is CC1CCCC2CC[C@H]3C4CC[C@H](c5ccc(=O)oc5)[C@@]4(C)CC[C@@H]3C12. The fraction of sp³-hybridized carbons (Fsp3) is 0.792. The molecule has 4 aliphatic carbocycles. The molecule has 4 unspecified atom stereocenters. The van der Waals surface area contributed by atoms with Crippen LogP contribution in [0.3, 0.4) is 0 Å². The molecule has 0 aromatic carbocycles. The van der Waals surface area contributed by atoms with Crippen molar-refractivity contribution >= 4 is 0 Å². The normalized spacial score (nSPS) is 47.7. The molecule has 0 bridgehead atoms. The van der Waals surface area contributed by atoms with Gasteiger partial charge in [0.05, 0.1) is 6.26 Å². The van der Waals surface area contributed by atoms with E-state index in [0.29, 0.717) is 11.3 Å². The molecular formula is C24H34O2. The number of hydrogen-bond donors (Lipinski definition) is 0. The molecule has 5 rings (SSSR count). The van der Waals surface area contributed by atoms with Crippen molar-refractivity contribution in [3.05, 3.63) is 34.4 Å². The van der Waals surface area contributed by atoms with E-state index in [1.807, 2.05) is 6.07 Å². The van der Waals surface area contributed by atoms with Crippen LogP contribution in [0.5, 0.6) is 0 Å². The maximum Gasteiger partial charge on any atom is 0.335 e. The molecule has 0 saturated heterocycles. The minimum absolute atomic E-state index is 0.221. The van der Waals surface area contributed by atoms with Crippen molar-refractivity contribution in [3.8, 4) is 0 Å². The second-order valence-corrected chi connectivity index (χ2v) is 10.3. The minimum Gasteiger partial charge on any atom is -0.431 e. The van der Waals surface area contributed by atoms with E-state index in [1.54, 1.807) is 12.3 Å². The summed E-state index contributed by atoms with van der Waals surface area (Å²) in [6, 6.07) is 3.66. The van der Waals surface area contributed by atoms with Gasteiger partial charge in [-0.05, 0) is 97.0 Å². The summed E-state index contributed by atoms with van der Waals surface area (Å²) in [5.41, 5.74) is 1.46. The lowest BCUT2D eigenvalue weighted by Crippen LogP contribution is -2.49. The highest BCUT2D eigenvalue weighted by Crippen LogP contribution is 2.66. The first-order chi connectivity index (χ1) is 12.6. The van der Waals surface area contributed by atoms with Crippen molar-refractivity contribution in [3.63, 3.8) is 0 Å². The van der Waals surface area contributed by atoms with Gasteiger partial charge in [0.25, 0.3) is 0 Å². The van der Waals surface area contributed by atoms with Crippen LogP contribution in [-0.4, -0.2) is 0 Å². The molecule has 26 heavy (non-hydrogen) atoms. The molecule has 0 N–H and O–H groups in total. The van der Waals surface area contributed by atoms with Gasteiger partial charge in [0.2, 0.25) is 0 Å². The van der Waals surface area contributed by atoms with Gasteiger partial charge in [0.1, 0.15) is 0 Å². The van der Waals surface area contributed by atoms with E-state index in [1.165, 1.54) is 63.4 Å². The Balaban J connectivity index is 1.43. The van der Waals surface area contributed by atoms with Crippen LogP contribution in [-0.2, 0) is 0 Å². The predicted molar refractivity (Wildman–Crippen MR) is 104 cm³/mol. The van der Waals surface area contributed by atoms with E-state index >= 15 is 0 Å². The molecule has 0 radical (unpaired) electrons. The van der Waals surface area contributed by atoms with E-state index < -0.39 is 0 Å². The first kappa shape index (κ1) is 17.1. The predicted octanol–water partition coefficient (Wildman–Crippen LogP) is 6.01. The average Bonchev–Trinajstić information content (AvgIpc) is 3.00. The second-order valence-electron chi connectivity index (χ2n) is 10.3. The number of hydrogen-bond acceptors (Lipinski definition) is 2. The van der Waals surface area contributed by atoms with E-state index in [9.17, 15) is 4.79 Å². The largest absolute Gasteiger partial charge is 0.431 e. The molecule has 4 aliphatic rings. The molecule has 0 amide bonds. The van der Waals surface area contributed by atoms with Gasteiger partial charge in [0, 0.05) is 6.07 Å². The Morgan fingerprint density at radius 3 is 2.69 bits per heavy atom. The average molecular weight is 355 g/mol. The monoisotopic (exact) mass is 354 g/mol. The summed E-state index contributed by atoms with van der Waals surface area (Å²) in [6.45, 7) is 5.11. The number of fused-ring (bicyclic) bond motifs is 5. The van der Waals surface area contributed by atoms with Crippen LogP contribution in [0.1, 0.15) is 83.1 Å². The zero-order valence-electron chi connectivity index (χ0n) is 16.5. The van der Waals surface area contributed by atoms with Gasteiger partial charge in [-0.2, -0.15) is 0 Å². The topological polar surface area (TPSA) is 30.2 Å². The molecule has 0 spiro atoms. The third-order valence-corrected chi connectivity index (χ3v) is 9.42. The second kappa shape index (κ2) is 6.24. The van der Waals surface area contributed by atoms with Crippen LogP contribution in [0.4, 0.5) is 0 Å². The summed E-state index contributed by atoms with van der Waals surface area (Å²) in [5, 5.41) is 0. The summed E-state index contributed by atoms with van der Waals surface area (Å²) in [7, 11) is 0. The Morgan fingerprint density at radius 2 is 1.88 bits per heavy atom. The number of rotatable bonds is 1. The van der Waals surface area contributed by atoms with Crippen molar-refractivity contribution < 1.29 is 4.42 Å². The molecule has 0 aliphatic heterocycles. The quantitative estimate of drug-likeness (QED) is 0.618. The maximum absolute atomic E-state index is 11.4. The molecule has 1 aromatic heterocycles. The summed E-state index contributed by atoms with van der Waals surface area (Å²) in [4.78, 5) is 11.4. The summed E-state index contributed by atoms with van der Waals surface area (Å²) < 4.78 is 5.23. The Labute approximate surface area is 157 Å². The fourth-order valence-electron chi connectivity index (χ4n) is 8.39. The Kier molecular flexibility index (Phi) is 4.10. The van der Waals surface area contributed by atoms with E-state index in [0.717, 1.165) is 35.5 Å². The van der Waals surface area contributed by atoms with E-state index in [2.05, 4.69) is 13.8 Å². The summed E-state index contributed by atoms with van der Waals surface area (Å²) in [6.07, 6.45) is 14.7. The lowest BCUT2D eigenvalue weighted by molar-refractivity contribution is -0.0711. The third kappa shape index (κ3) is 2.47. The Bertz CT molecular complexity index is 701. The third-order valence-electron chi connectivity index (χ3n) is 9.42. The molecule has 8 atom stereocenters. The van der Waals surface area contributed by atoms with Crippen molar-refractivity contribution in [2.24, 2.45) is 40.9 Å². The molecule has 142 valence electrons. The van der Waals surface area contributed by atoms with Gasteiger partial charge >= 0.3 is 5.63 Å². The van der Waals surface area contributed by atoms with Gasteiger partial charge in [-0.1, -0.05) is 33.1 Å². The van der Waals surface area contributed by atoms with Crippen LogP contribution >= 0.6 is 0 Å². The van der Waals surface area contributed by atoms with E-state index in [4.69, 9.17) is 4.42 Å². The smallest absolute Gasteiger partial charge is 0.335 e. The fourth-order valence-corrected chi connectivity index (χ4v) is 8.39. The highest BCUT2D eigenvalue weighted by molar-refractivity contribution is 5.22. The Hall–Kier alpha value is -1.05. The molecule has 2 nitrogen and oxygen atoms in total. The molecule has 1 heterocycles. The lowest BCUT2D eigenvalue weighted by Gasteiger charge is -2.57. The van der Waals surface area contributed by atoms with Crippen molar-refractivity contribution in [1.29, 1.82) is 0 Å². The molecular weight excluding hydrogens is 320 g/mol. The molecule has 2 heteroatoms. The van der Waals surface area contributed by atoms with Gasteiger partial charge < -0.3 is 4.42 Å². The van der Waals surface area contributed by atoms with Gasteiger partial charge in [-0.3, -0.25) is 0 Å². The van der Waals surface area contributed by atoms with Crippen LogP contribution in [0.25, 0.3) is 0 Å². The highest BCUT2D eigenvalue weighted by Gasteiger charge is 2.57. The van der Waals surface area contributed by atoms with Gasteiger partial charge in [-0.25, -0.2) is 4.79 Å². The first-order valence-corrected chi connectivity index (χ1v) is 11.2. The van der Waals surface area contributed by atoms with Crippen LogP contribution in [0.2, 0.25) is 0 Å². The molecule has 4 fully saturated rings. The zero-order valence-corrected chi connectivity index (χ0v) is 16.5. The molecule has 1 aromatic rings. The van der Waals surface area contributed by atoms with Crippen molar-refractivity contribution in [2.75, 3.05) is 0 Å². The van der Waals surface area contributed by atoms with Crippen LogP contribution < -0.4 is 5.63 Å². The highest BCUT2D eigenvalue weighted by atomic mass is 16.4. The first-order valence-electron chi connectivity index (χ1n) is 11.2. The van der Waals surface area contributed by atoms with Crippen molar-refractivity contribution in [2.45, 2.75) is 77.6 Å². The minimum atomic E-state index is -0.221. The van der Waals surface area contributed by atoms with Gasteiger partial charge in [-0.15, -0.1) is 0 Å². The van der Waals surface area contributed by atoms with Gasteiger partial charge in [0.15, 0.2) is 0 Å². The summed E-state index contributed by atoms with van der Waals surface area (Å²) in [5.74, 6) is 6.41. The maximum atomic E-state index is 11.4. The van der Waals surface area contributed by atoms with E-state index in [-0.39, 0.29) is 5.63 Å². The lowest BCUT2D eigenvalue weighted by atomic mass is 9.48. The molecule has 4 saturated carbocycles. The standard InChI is InChI=1S/C24H34O2/c1-15-4-3-5-16-6-8-18-19(23(15)16)12-13-24(2)20(9-10-21(18)24)17-7-11-22(25)26-14-17/h7,11,14-16,18-21,23H,3-6,8-10,12-13H2,1-2H3/t15?,16?,18-,19+,20-,21?,23?,24-/m1/s1. The van der Waals surface area contributed by atoms with Crippen LogP contribution in [0.15, 0.2) is 27.6 Å². The zero-order chi connectivity index (χ0) is 17.9. The van der Waals surface area contributed by atoms with Crippen LogP contribution in [0, 0.1) is 40.9 Å².